The average Bonchev–Trinajstić information content (AvgIpc) is 2.76. The highest BCUT2D eigenvalue weighted by Crippen LogP contribution is 2.40. The van der Waals surface area contributed by atoms with Gasteiger partial charge in [-0.15, -0.1) is 0 Å². The minimum absolute atomic E-state index is 0.339. The van der Waals surface area contributed by atoms with Crippen molar-refractivity contribution in [3.8, 4) is 17.2 Å². The number of nitrogens with one attached hydrogen (secondary N) is 1. The van der Waals surface area contributed by atoms with Crippen LogP contribution in [0, 0.1) is 17.1 Å². The number of thioether (sulfide) groups is 1. The van der Waals surface area contributed by atoms with E-state index in [0.717, 1.165) is 16.8 Å². The summed E-state index contributed by atoms with van der Waals surface area (Å²) >= 11 is 1.77. The third kappa shape index (κ3) is 2.29. The molecule has 0 bridgehead atoms. The normalized spacial score (nSPS) is 16.6. The minimum Gasteiger partial charge on any atom is -0.372 e. The molecule has 1 unspecified atom stereocenters. The second-order valence-corrected chi connectivity index (χ2v) is 5.84. The van der Waals surface area contributed by atoms with Crippen LogP contribution in [0.1, 0.15) is 12.5 Å². The molecule has 2 aromatic carbocycles. The SMILES string of the molecule is CC1Nc2cc(-c3cc(F)cc(C#N)c3)ccc2S1. The largest absolute Gasteiger partial charge is 0.372 e. The molecule has 4 heteroatoms. The molecule has 2 aromatic rings. The van der Waals surface area contributed by atoms with Crippen molar-refractivity contribution in [3.63, 3.8) is 0 Å². The smallest absolute Gasteiger partial charge is 0.125 e. The van der Waals surface area contributed by atoms with Crippen LogP contribution in [0.2, 0.25) is 0 Å². The van der Waals surface area contributed by atoms with E-state index < -0.39 is 0 Å². The molecule has 0 saturated heterocycles. The fraction of sp³-hybridized carbons (Fsp3) is 0.133. The molecular weight excluding hydrogens is 259 g/mol. The van der Waals surface area contributed by atoms with E-state index >= 15 is 0 Å². The van der Waals surface area contributed by atoms with E-state index in [1.54, 1.807) is 17.8 Å². The molecule has 0 fully saturated rings. The van der Waals surface area contributed by atoms with Crippen LogP contribution in [0.5, 0.6) is 0 Å². The van der Waals surface area contributed by atoms with Crippen LogP contribution >= 0.6 is 11.8 Å². The first-order valence-electron chi connectivity index (χ1n) is 5.94. The predicted octanol–water partition coefficient (Wildman–Crippen LogP) is 4.23. The first kappa shape index (κ1) is 12.1. The summed E-state index contributed by atoms with van der Waals surface area (Å²) in [5, 5.41) is 12.6. The standard InChI is InChI=1S/C15H11FN2S/c1-9-18-14-7-11(2-3-15(14)19-9)12-4-10(8-17)5-13(16)6-12/h2-7,9,18H,1H3. The van der Waals surface area contributed by atoms with E-state index in [1.165, 1.54) is 17.0 Å². The van der Waals surface area contributed by atoms with Gasteiger partial charge in [0.15, 0.2) is 0 Å². The number of fused-ring (bicyclic) bond motifs is 1. The first-order valence-corrected chi connectivity index (χ1v) is 6.82. The Kier molecular flexibility index (Phi) is 2.92. The summed E-state index contributed by atoms with van der Waals surface area (Å²) in [7, 11) is 0. The topological polar surface area (TPSA) is 35.8 Å². The zero-order valence-corrected chi connectivity index (χ0v) is 11.1. The number of hydrogen-bond acceptors (Lipinski definition) is 3. The number of hydrogen-bond donors (Lipinski definition) is 1. The second-order valence-electron chi connectivity index (χ2n) is 4.46. The third-order valence-corrected chi connectivity index (χ3v) is 4.08. The van der Waals surface area contributed by atoms with Crippen LogP contribution in [0.25, 0.3) is 11.1 Å². The molecule has 3 rings (SSSR count). The first-order chi connectivity index (χ1) is 9.15. The Labute approximate surface area is 115 Å². The lowest BCUT2D eigenvalue weighted by Gasteiger charge is -2.06. The van der Waals surface area contributed by atoms with Crippen molar-refractivity contribution in [2.75, 3.05) is 5.32 Å². The number of anilines is 1. The minimum atomic E-state index is -0.384. The summed E-state index contributed by atoms with van der Waals surface area (Å²) in [6.45, 7) is 2.10. The van der Waals surface area contributed by atoms with Gasteiger partial charge in [-0.3, -0.25) is 0 Å². The number of rotatable bonds is 1. The lowest BCUT2D eigenvalue weighted by molar-refractivity contribution is 0.628. The molecule has 0 radical (unpaired) electrons. The molecule has 0 spiro atoms. The maximum atomic E-state index is 13.5. The molecule has 1 N–H and O–H groups in total. The number of nitriles is 1. The lowest BCUT2D eigenvalue weighted by Crippen LogP contribution is -2.02. The van der Waals surface area contributed by atoms with Crippen molar-refractivity contribution in [1.29, 1.82) is 5.26 Å². The molecule has 1 aliphatic heterocycles. The fourth-order valence-corrected chi connectivity index (χ4v) is 3.14. The summed E-state index contributed by atoms with van der Waals surface area (Å²) in [5.41, 5.74) is 3.05. The molecular formula is C15H11FN2S. The van der Waals surface area contributed by atoms with E-state index in [1.807, 2.05) is 24.3 Å². The maximum absolute atomic E-state index is 13.5. The Morgan fingerprint density at radius 3 is 2.84 bits per heavy atom. The second kappa shape index (κ2) is 4.60. The van der Waals surface area contributed by atoms with Crippen molar-refractivity contribution in [3.05, 3.63) is 47.8 Å². The Balaban J connectivity index is 2.06. The van der Waals surface area contributed by atoms with Gasteiger partial charge in [0.1, 0.15) is 5.82 Å². The van der Waals surface area contributed by atoms with Crippen LogP contribution in [0.15, 0.2) is 41.3 Å². The van der Waals surface area contributed by atoms with Crippen LogP contribution < -0.4 is 5.32 Å². The molecule has 0 aliphatic carbocycles. The number of nitrogens with zero attached hydrogens (tertiary/aromatic N) is 1. The van der Waals surface area contributed by atoms with Gasteiger partial charge in [0.2, 0.25) is 0 Å². The third-order valence-electron chi connectivity index (χ3n) is 3.00. The molecule has 94 valence electrons. The quantitative estimate of drug-likeness (QED) is 0.842. The van der Waals surface area contributed by atoms with Gasteiger partial charge in [-0.1, -0.05) is 17.8 Å². The van der Waals surface area contributed by atoms with E-state index in [-0.39, 0.29) is 5.82 Å². The van der Waals surface area contributed by atoms with Crippen LogP contribution in [-0.2, 0) is 0 Å². The summed E-state index contributed by atoms with van der Waals surface area (Å²) in [6.07, 6.45) is 0. The van der Waals surface area contributed by atoms with Crippen molar-refractivity contribution < 1.29 is 4.39 Å². The van der Waals surface area contributed by atoms with E-state index in [9.17, 15) is 4.39 Å². The predicted molar refractivity (Wildman–Crippen MR) is 75.5 cm³/mol. The zero-order chi connectivity index (χ0) is 13.4. The number of halogens is 1. The van der Waals surface area contributed by atoms with Gasteiger partial charge in [-0.05, 0) is 48.4 Å². The van der Waals surface area contributed by atoms with Crippen molar-refractivity contribution in [2.45, 2.75) is 17.2 Å². The molecule has 0 saturated carbocycles. The molecule has 0 amide bonds. The van der Waals surface area contributed by atoms with Gasteiger partial charge >= 0.3 is 0 Å². The molecule has 1 heterocycles. The molecule has 1 atom stereocenters. The Hall–Kier alpha value is -1.99. The Bertz CT molecular complexity index is 691. The summed E-state index contributed by atoms with van der Waals surface area (Å²) in [5.74, 6) is -0.384. The summed E-state index contributed by atoms with van der Waals surface area (Å²) in [6, 6.07) is 12.4. The van der Waals surface area contributed by atoms with E-state index in [4.69, 9.17) is 5.26 Å². The van der Waals surface area contributed by atoms with Crippen molar-refractivity contribution >= 4 is 17.4 Å². The lowest BCUT2D eigenvalue weighted by atomic mass is 10.0. The summed E-state index contributed by atoms with van der Waals surface area (Å²) < 4.78 is 13.5. The van der Waals surface area contributed by atoms with Crippen LogP contribution in [-0.4, -0.2) is 5.37 Å². The number of benzene rings is 2. The van der Waals surface area contributed by atoms with Gasteiger partial charge in [0, 0.05) is 10.6 Å². The van der Waals surface area contributed by atoms with Gasteiger partial charge in [0.05, 0.1) is 17.0 Å². The highest BCUT2D eigenvalue weighted by atomic mass is 32.2. The van der Waals surface area contributed by atoms with Crippen molar-refractivity contribution in [1.82, 2.24) is 0 Å². The van der Waals surface area contributed by atoms with Gasteiger partial charge in [-0.2, -0.15) is 5.26 Å². The molecule has 19 heavy (non-hydrogen) atoms. The zero-order valence-electron chi connectivity index (χ0n) is 10.3. The van der Waals surface area contributed by atoms with Crippen molar-refractivity contribution in [2.24, 2.45) is 0 Å². The summed E-state index contributed by atoms with van der Waals surface area (Å²) in [4.78, 5) is 1.20. The monoisotopic (exact) mass is 270 g/mol. The Morgan fingerprint density at radius 2 is 2.05 bits per heavy atom. The molecule has 2 nitrogen and oxygen atoms in total. The average molecular weight is 270 g/mol. The van der Waals surface area contributed by atoms with E-state index in [0.29, 0.717) is 10.9 Å². The van der Waals surface area contributed by atoms with E-state index in [2.05, 4.69) is 12.2 Å². The molecule has 1 aliphatic rings. The van der Waals surface area contributed by atoms with Gasteiger partial charge in [-0.25, -0.2) is 4.39 Å². The highest BCUT2D eigenvalue weighted by molar-refractivity contribution is 8.00. The highest BCUT2D eigenvalue weighted by Gasteiger charge is 2.17. The fourth-order valence-electron chi connectivity index (χ4n) is 2.18. The van der Waals surface area contributed by atoms with Gasteiger partial charge in [0.25, 0.3) is 0 Å². The van der Waals surface area contributed by atoms with Crippen LogP contribution in [0.3, 0.4) is 0 Å². The van der Waals surface area contributed by atoms with Crippen LogP contribution in [0.4, 0.5) is 10.1 Å². The maximum Gasteiger partial charge on any atom is 0.125 e. The Morgan fingerprint density at radius 1 is 1.21 bits per heavy atom. The molecule has 0 aromatic heterocycles. The van der Waals surface area contributed by atoms with Gasteiger partial charge < -0.3 is 5.32 Å².